The number of Topliss-reactive ketones (excluding diaryl/α,β-unsaturated/α-hetero) is 1. The molecule has 1 aliphatic carbocycles. The molecule has 31 heavy (non-hydrogen) atoms. The Labute approximate surface area is 183 Å². The Balaban J connectivity index is 1.74. The summed E-state index contributed by atoms with van der Waals surface area (Å²) in [6, 6.07) is 18.2. The van der Waals surface area contributed by atoms with Crippen LogP contribution in [0.5, 0.6) is 0 Å². The molecule has 0 saturated heterocycles. The van der Waals surface area contributed by atoms with Gasteiger partial charge in [-0.05, 0) is 41.4 Å². The van der Waals surface area contributed by atoms with Crippen molar-refractivity contribution in [1.29, 1.82) is 0 Å². The number of hydrogen-bond acceptors (Lipinski definition) is 3. The average Bonchev–Trinajstić information content (AvgIpc) is 3.14. The van der Waals surface area contributed by atoms with Gasteiger partial charge in [0.15, 0.2) is 5.78 Å². The van der Waals surface area contributed by atoms with Gasteiger partial charge in [-0.3, -0.25) is 4.79 Å². The van der Waals surface area contributed by atoms with Crippen LogP contribution in [0.1, 0.15) is 77.7 Å². The minimum absolute atomic E-state index is 0.0665. The number of H-pyrrole nitrogens is 1. The van der Waals surface area contributed by atoms with Crippen LogP contribution in [0.15, 0.2) is 54.6 Å². The Morgan fingerprint density at radius 1 is 1.00 bits per heavy atom. The maximum atomic E-state index is 13.3. The molecule has 0 spiro atoms. The van der Waals surface area contributed by atoms with Crippen molar-refractivity contribution >= 4 is 11.8 Å². The third-order valence-corrected chi connectivity index (χ3v) is 6.03. The summed E-state index contributed by atoms with van der Waals surface area (Å²) < 4.78 is 5.28. The molecule has 0 amide bonds. The molecule has 4 heteroatoms. The zero-order valence-electron chi connectivity index (χ0n) is 18.6. The van der Waals surface area contributed by atoms with Crippen LogP contribution in [-0.4, -0.2) is 23.3 Å². The molecule has 1 aliphatic rings. The van der Waals surface area contributed by atoms with E-state index in [0.717, 1.165) is 16.8 Å². The SMILES string of the molecule is CCOC(=O)c1[nH]c2c(c1-c1ccccc1)C(=O)C[C@H](c1ccc(C(C)(C)C)cc1)C2. The predicted molar refractivity (Wildman–Crippen MR) is 123 cm³/mol. The Hall–Kier alpha value is -3.14. The first-order valence-corrected chi connectivity index (χ1v) is 10.9. The summed E-state index contributed by atoms with van der Waals surface area (Å²) >= 11 is 0. The molecule has 4 nitrogen and oxygen atoms in total. The molecule has 2 aromatic carbocycles. The zero-order valence-corrected chi connectivity index (χ0v) is 18.6. The lowest BCUT2D eigenvalue weighted by Crippen LogP contribution is -2.19. The van der Waals surface area contributed by atoms with Crippen molar-refractivity contribution in [2.75, 3.05) is 6.61 Å². The second-order valence-corrected chi connectivity index (χ2v) is 9.22. The van der Waals surface area contributed by atoms with Crippen LogP contribution in [0.25, 0.3) is 11.1 Å². The molecule has 0 unspecified atom stereocenters. The van der Waals surface area contributed by atoms with Crippen LogP contribution in [-0.2, 0) is 16.6 Å². The van der Waals surface area contributed by atoms with Crippen LogP contribution in [0.4, 0.5) is 0 Å². The van der Waals surface area contributed by atoms with Crippen molar-refractivity contribution < 1.29 is 14.3 Å². The lowest BCUT2D eigenvalue weighted by molar-refractivity contribution is 0.0521. The lowest BCUT2D eigenvalue weighted by Gasteiger charge is -2.24. The smallest absolute Gasteiger partial charge is 0.355 e. The first-order chi connectivity index (χ1) is 14.8. The van der Waals surface area contributed by atoms with Crippen LogP contribution in [0.3, 0.4) is 0 Å². The van der Waals surface area contributed by atoms with Crippen molar-refractivity contribution in [3.05, 3.63) is 82.7 Å². The molecular formula is C27H29NO3. The first kappa shape index (κ1) is 21.1. The highest BCUT2D eigenvalue weighted by molar-refractivity contribution is 6.10. The van der Waals surface area contributed by atoms with E-state index in [1.165, 1.54) is 5.56 Å². The van der Waals surface area contributed by atoms with Crippen molar-refractivity contribution in [3.8, 4) is 11.1 Å². The summed E-state index contributed by atoms with van der Waals surface area (Å²) in [6.07, 6.45) is 1.12. The Kier molecular flexibility index (Phi) is 5.57. The predicted octanol–water partition coefficient (Wildman–Crippen LogP) is 6.07. The van der Waals surface area contributed by atoms with Gasteiger partial charge >= 0.3 is 5.97 Å². The van der Waals surface area contributed by atoms with Gasteiger partial charge in [0, 0.05) is 23.2 Å². The maximum Gasteiger partial charge on any atom is 0.355 e. The molecule has 1 N–H and O–H groups in total. The summed E-state index contributed by atoms with van der Waals surface area (Å²) in [7, 11) is 0. The van der Waals surface area contributed by atoms with Crippen LogP contribution >= 0.6 is 0 Å². The number of aromatic amines is 1. The first-order valence-electron chi connectivity index (χ1n) is 10.9. The van der Waals surface area contributed by atoms with Crippen LogP contribution in [0, 0.1) is 0 Å². The molecule has 0 fully saturated rings. The van der Waals surface area contributed by atoms with Crippen LogP contribution < -0.4 is 0 Å². The molecular weight excluding hydrogens is 386 g/mol. The number of fused-ring (bicyclic) bond motifs is 1. The lowest BCUT2D eigenvalue weighted by atomic mass is 9.79. The molecule has 1 aromatic heterocycles. The molecule has 4 rings (SSSR count). The third kappa shape index (κ3) is 4.07. The van der Waals surface area contributed by atoms with Gasteiger partial charge in [-0.15, -0.1) is 0 Å². The number of carbonyl (C=O) groups excluding carboxylic acids is 2. The molecule has 0 bridgehead atoms. The van der Waals surface area contributed by atoms with E-state index < -0.39 is 5.97 Å². The van der Waals surface area contributed by atoms with E-state index in [9.17, 15) is 9.59 Å². The second kappa shape index (κ2) is 8.18. The number of ether oxygens (including phenoxy) is 1. The maximum absolute atomic E-state index is 13.3. The van der Waals surface area contributed by atoms with E-state index >= 15 is 0 Å². The molecule has 3 aromatic rings. The van der Waals surface area contributed by atoms with E-state index in [-0.39, 0.29) is 23.7 Å². The normalized spacial score (nSPS) is 16.1. The summed E-state index contributed by atoms with van der Waals surface area (Å²) in [4.78, 5) is 29.2. The Bertz CT molecular complexity index is 1100. The topological polar surface area (TPSA) is 59.2 Å². The van der Waals surface area contributed by atoms with Crippen molar-refractivity contribution in [1.82, 2.24) is 4.98 Å². The number of rotatable bonds is 4. The molecule has 0 saturated carbocycles. The number of hydrogen-bond donors (Lipinski definition) is 1. The van der Waals surface area contributed by atoms with Crippen molar-refractivity contribution in [3.63, 3.8) is 0 Å². The fourth-order valence-corrected chi connectivity index (χ4v) is 4.40. The number of esters is 1. The molecule has 1 heterocycles. The van der Waals surface area contributed by atoms with E-state index in [1.54, 1.807) is 6.92 Å². The van der Waals surface area contributed by atoms with Gasteiger partial charge < -0.3 is 9.72 Å². The summed E-state index contributed by atoms with van der Waals surface area (Å²) in [5, 5.41) is 0. The Morgan fingerprint density at radius 3 is 2.29 bits per heavy atom. The van der Waals surface area contributed by atoms with Gasteiger partial charge in [0.2, 0.25) is 0 Å². The van der Waals surface area contributed by atoms with Crippen molar-refractivity contribution in [2.45, 2.75) is 51.9 Å². The second-order valence-electron chi connectivity index (χ2n) is 9.22. The fraction of sp³-hybridized carbons (Fsp3) is 0.333. The number of carbonyl (C=O) groups is 2. The molecule has 1 atom stereocenters. The number of ketones is 1. The minimum Gasteiger partial charge on any atom is -0.461 e. The highest BCUT2D eigenvalue weighted by atomic mass is 16.5. The highest BCUT2D eigenvalue weighted by Crippen LogP contribution is 2.40. The monoisotopic (exact) mass is 415 g/mol. The average molecular weight is 416 g/mol. The number of aromatic nitrogens is 1. The number of nitrogens with one attached hydrogen (secondary N) is 1. The minimum atomic E-state index is -0.422. The highest BCUT2D eigenvalue weighted by Gasteiger charge is 2.34. The third-order valence-electron chi connectivity index (χ3n) is 6.03. The molecule has 160 valence electrons. The summed E-state index contributed by atoms with van der Waals surface area (Å²) in [5.74, 6) is -0.266. The standard InChI is InChI=1S/C27H29NO3/c1-5-31-26(30)25-23(18-9-7-6-8-10-18)24-21(28-25)15-19(16-22(24)29)17-11-13-20(14-12-17)27(2,3)4/h6-14,19,28H,5,15-16H2,1-4H3/t19-/m1/s1. The van der Waals surface area contributed by atoms with Gasteiger partial charge in [0.1, 0.15) is 5.69 Å². The van der Waals surface area contributed by atoms with Gasteiger partial charge in [-0.25, -0.2) is 4.79 Å². The zero-order chi connectivity index (χ0) is 22.2. The summed E-state index contributed by atoms with van der Waals surface area (Å²) in [6.45, 7) is 8.65. The van der Waals surface area contributed by atoms with Crippen LogP contribution in [0.2, 0.25) is 0 Å². The summed E-state index contributed by atoms with van der Waals surface area (Å²) in [5.41, 5.74) is 5.86. The van der Waals surface area contributed by atoms with Gasteiger partial charge in [0.25, 0.3) is 0 Å². The quantitative estimate of drug-likeness (QED) is 0.526. The van der Waals surface area contributed by atoms with Gasteiger partial charge in [0.05, 0.1) is 6.61 Å². The van der Waals surface area contributed by atoms with E-state index in [1.807, 2.05) is 30.3 Å². The molecule has 0 aliphatic heterocycles. The van der Waals surface area contributed by atoms with Gasteiger partial charge in [-0.1, -0.05) is 75.4 Å². The van der Waals surface area contributed by atoms with E-state index in [4.69, 9.17) is 4.74 Å². The van der Waals surface area contributed by atoms with Gasteiger partial charge in [-0.2, -0.15) is 0 Å². The number of benzene rings is 2. The fourth-order valence-electron chi connectivity index (χ4n) is 4.40. The van der Waals surface area contributed by atoms with Crippen molar-refractivity contribution in [2.24, 2.45) is 0 Å². The van der Waals surface area contributed by atoms with E-state index in [2.05, 4.69) is 50.0 Å². The largest absolute Gasteiger partial charge is 0.461 e. The molecule has 0 radical (unpaired) electrons. The Morgan fingerprint density at radius 2 is 1.68 bits per heavy atom. The van der Waals surface area contributed by atoms with E-state index in [0.29, 0.717) is 29.7 Å².